The molecule has 0 saturated carbocycles. The first-order valence-corrected chi connectivity index (χ1v) is 13.9. The van der Waals surface area contributed by atoms with Gasteiger partial charge in [-0.15, -0.1) is 0 Å². The zero-order chi connectivity index (χ0) is 26.9. The Bertz CT molecular complexity index is 1490. The van der Waals surface area contributed by atoms with Crippen LogP contribution in [0.3, 0.4) is 0 Å². The van der Waals surface area contributed by atoms with Crippen molar-refractivity contribution in [2.45, 2.75) is 31.1 Å². The summed E-state index contributed by atoms with van der Waals surface area (Å²) in [6, 6.07) is 20.5. The fraction of sp³-hybridized carbons (Fsp3) is 0.250. The molecule has 5 rings (SSSR count). The number of amides is 3. The topological polar surface area (TPSA) is 116 Å². The minimum Gasteiger partial charge on any atom is -0.326 e. The molecule has 3 aromatic rings. The lowest BCUT2D eigenvalue weighted by Gasteiger charge is -2.30. The smallest absolute Gasteiger partial charge is 0.264 e. The van der Waals surface area contributed by atoms with E-state index in [2.05, 4.69) is 10.6 Å². The minimum absolute atomic E-state index is 0.0696. The summed E-state index contributed by atoms with van der Waals surface area (Å²) in [6.45, 7) is 2.06. The maximum atomic E-state index is 13.3. The van der Waals surface area contributed by atoms with Crippen LogP contribution in [0.4, 0.5) is 22.7 Å². The first-order chi connectivity index (χ1) is 18.2. The third-order valence-electron chi connectivity index (χ3n) is 6.77. The number of carbonyl (C=O) groups is 3. The molecular weight excluding hydrogens is 504 g/mol. The van der Waals surface area contributed by atoms with Crippen molar-refractivity contribution in [3.8, 4) is 0 Å². The lowest BCUT2D eigenvalue weighted by molar-refractivity contribution is -0.122. The molecule has 0 aliphatic carbocycles. The number of carbonyl (C=O) groups excluding carboxylic acids is 3. The molecule has 2 N–H and O–H groups in total. The van der Waals surface area contributed by atoms with Crippen LogP contribution in [-0.4, -0.2) is 39.2 Å². The number of aryl methyl sites for hydroxylation is 1. The van der Waals surface area contributed by atoms with Crippen LogP contribution >= 0.6 is 0 Å². The summed E-state index contributed by atoms with van der Waals surface area (Å²) in [4.78, 5) is 38.4. The summed E-state index contributed by atoms with van der Waals surface area (Å²) < 4.78 is 28.1. The third-order valence-corrected chi connectivity index (χ3v) is 8.60. The highest BCUT2D eigenvalue weighted by Crippen LogP contribution is 2.32. The van der Waals surface area contributed by atoms with E-state index in [1.54, 1.807) is 41.3 Å². The Morgan fingerprint density at radius 3 is 2.26 bits per heavy atom. The second-order valence-electron chi connectivity index (χ2n) is 9.46. The van der Waals surface area contributed by atoms with Crippen LogP contribution < -0.4 is 19.8 Å². The summed E-state index contributed by atoms with van der Waals surface area (Å²) >= 11 is 0. The van der Waals surface area contributed by atoms with E-state index in [1.807, 2.05) is 24.3 Å². The van der Waals surface area contributed by atoms with E-state index < -0.39 is 15.9 Å². The predicted molar refractivity (Wildman–Crippen MR) is 146 cm³/mol. The largest absolute Gasteiger partial charge is 0.326 e. The van der Waals surface area contributed by atoms with Gasteiger partial charge in [-0.2, -0.15) is 0 Å². The second kappa shape index (κ2) is 10.3. The fourth-order valence-corrected chi connectivity index (χ4v) is 6.43. The molecule has 2 aliphatic heterocycles. The van der Waals surface area contributed by atoms with E-state index in [4.69, 9.17) is 0 Å². The molecule has 2 heterocycles. The number of para-hydroxylation sites is 1. The molecule has 1 unspecified atom stereocenters. The highest BCUT2D eigenvalue weighted by atomic mass is 32.2. The Hall–Kier alpha value is -4.18. The van der Waals surface area contributed by atoms with Crippen LogP contribution in [0.15, 0.2) is 77.7 Å². The molecule has 0 radical (unpaired) electrons. The van der Waals surface area contributed by atoms with Crippen molar-refractivity contribution < 1.29 is 22.8 Å². The molecular formula is C28H28N4O5S. The molecule has 38 heavy (non-hydrogen) atoms. The SMILES string of the molecule is CC(=O)Nc1ccc(N2CC(C(=O)Nc3ccc(S(=O)(=O)N4CCCc5ccccc54)cc3)CC2=O)cc1. The Morgan fingerprint density at radius 1 is 0.895 bits per heavy atom. The van der Waals surface area contributed by atoms with Crippen molar-refractivity contribution >= 4 is 50.5 Å². The van der Waals surface area contributed by atoms with E-state index >= 15 is 0 Å². The molecule has 10 heteroatoms. The molecule has 3 aromatic carbocycles. The highest BCUT2D eigenvalue weighted by molar-refractivity contribution is 7.92. The van der Waals surface area contributed by atoms with Crippen molar-refractivity contribution in [3.05, 3.63) is 78.4 Å². The summed E-state index contributed by atoms with van der Waals surface area (Å²) in [5, 5.41) is 5.48. The molecule has 0 bridgehead atoms. The lowest BCUT2D eigenvalue weighted by atomic mass is 10.0. The zero-order valence-corrected chi connectivity index (χ0v) is 21.7. The van der Waals surface area contributed by atoms with Crippen LogP contribution in [0.2, 0.25) is 0 Å². The van der Waals surface area contributed by atoms with Gasteiger partial charge in [0, 0.05) is 43.5 Å². The van der Waals surface area contributed by atoms with Crippen LogP contribution in [0, 0.1) is 5.92 Å². The summed E-state index contributed by atoms with van der Waals surface area (Å²) in [6.07, 6.45) is 1.66. The maximum absolute atomic E-state index is 13.3. The molecule has 9 nitrogen and oxygen atoms in total. The zero-order valence-electron chi connectivity index (χ0n) is 20.9. The van der Waals surface area contributed by atoms with Crippen LogP contribution in [0.5, 0.6) is 0 Å². The Morgan fingerprint density at radius 2 is 1.55 bits per heavy atom. The van der Waals surface area contributed by atoms with Crippen molar-refractivity contribution in [2.24, 2.45) is 5.92 Å². The number of sulfonamides is 1. The van der Waals surface area contributed by atoms with E-state index in [9.17, 15) is 22.8 Å². The number of anilines is 4. The Labute approximate surface area is 221 Å². The van der Waals surface area contributed by atoms with Crippen molar-refractivity contribution in [1.29, 1.82) is 0 Å². The molecule has 1 saturated heterocycles. The number of nitrogens with zero attached hydrogens (tertiary/aromatic N) is 2. The number of rotatable bonds is 6. The van der Waals surface area contributed by atoms with Gasteiger partial charge in [-0.25, -0.2) is 8.42 Å². The maximum Gasteiger partial charge on any atom is 0.264 e. The summed E-state index contributed by atoms with van der Waals surface area (Å²) in [5.74, 6) is -1.21. The van der Waals surface area contributed by atoms with Gasteiger partial charge >= 0.3 is 0 Å². The van der Waals surface area contributed by atoms with Gasteiger partial charge in [-0.1, -0.05) is 18.2 Å². The predicted octanol–water partition coefficient (Wildman–Crippen LogP) is 3.78. The average molecular weight is 533 g/mol. The van der Waals surface area contributed by atoms with E-state index in [0.717, 1.165) is 18.4 Å². The summed E-state index contributed by atoms with van der Waals surface area (Å²) in [7, 11) is -3.75. The van der Waals surface area contributed by atoms with Crippen LogP contribution in [0.25, 0.3) is 0 Å². The molecule has 3 amide bonds. The number of benzene rings is 3. The number of hydrogen-bond donors (Lipinski definition) is 2. The number of fused-ring (bicyclic) bond motifs is 1. The average Bonchev–Trinajstić information content (AvgIpc) is 3.30. The highest BCUT2D eigenvalue weighted by Gasteiger charge is 2.35. The van der Waals surface area contributed by atoms with Crippen molar-refractivity contribution in [1.82, 2.24) is 0 Å². The second-order valence-corrected chi connectivity index (χ2v) is 11.3. The van der Waals surface area contributed by atoms with Gasteiger partial charge in [0.05, 0.1) is 16.5 Å². The molecule has 0 spiro atoms. The number of nitrogens with one attached hydrogen (secondary N) is 2. The van der Waals surface area contributed by atoms with E-state index in [1.165, 1.54) is 23.4 Å². The molecule has 1 fully saturated rings. The van der Waals surface area contributed by atoms with Gasteiger partial charge in [0.1, 0.15) is 0 Å². The van der Waals surface area contributed by atoms with Gasteiger partial charge in [0.2, 0.25) is 17.7 Å². The lowest BCUT2D eigenvalue weighted by Crippen LogP contribution is -2.35. The first kappa shape index (κ1) is 25.5. The number of hydrogen-bond acceptors (Lipinski definition) is 5. The minimum atomic E-state index is -3.75. The molecule has 1 atom stereocenters. The quantitative estimate of drug-likeness (QED) is 0.501. The fourth-order valence-electron chi connectivity index (χ4n) is 4.89. The van der Waals surface area contributed by atoms with E-state index in [0.29, 0.717) is 29.3 Å². The molecule has 0 aromatic heterocycles. The Kier molecular flexibility index (Phi) is 6.90. The Balaban J connectivity index is 1.24. The van der Waals surface area contributed by atoms with Crippen molar-refractivity contribution in [3.63, 3.8) is 0 Å². The monoisotopic (exact) mass is 532 g/mol. The van der Waals surface area contributed by atoms with Crippen LogP contribution in [0.1, 0.15) is 25.3 Å². The van der Waals surface area contributed by atoms with E-state index in [-0.39, 0.29) is 35.6 Å². The third kappa shape index (κ3) is 5.12. The molecule has 196 valence electrons. The summed E-state index contributed by atoms with van der Waals surface area (Å²) in [5.41, 5.74) is 3.44. The van der Waals surface area contributed by atoms with Gasteiger partial charge in [0.25, 0.3) is 10.0 Å². The first-order valence-electron chi connectivity index (χ1n) is 12.4. The normalized spacial score (nSPS) is 17.2. The standard InChI is InChI=1S/C28H28N4O5S/c1-19(33)29-22-8-12-24(13-9-22)31-18-21(17-27(31)34)28(35)30-23-10-14-25(15-11-23)38(36,37)32-16-4-6-20-5-2-3-7-26(20)32/h2-3,5,7-15,21H,4,6,16-18H2,1H3,(H,29,33)(H,30,35). The van der Waals surface area contributed by atoms with Gasteiger partial charge in [-0.05, 0) is 73.0 Å². The van der Waals surface area contributed by atoms with Crippen molar-refractivity contribution in [2.75, 3.05) is 32.9 Å². The van der Waals surface area contributed by atoms with Crippen LogP contribution in [-0.2, 0) is 30.8 Å². The van der Waals surface area contributed by atoms with Gasteiger partial charge < -0.3 is 15.5 Å². The molecule has 2 aliphatic rings. The van der Waals surface area contributed by atoms with Gasteiger partial charge in [-0.3, -0.25) is 18.7 Å². The van der Waals surface area contributed by atoms with Gasteiger partial charge in [0.15, 0.2) is 0 Å².